The summed E-state index contributed by atoms with van der Waals surface area (Å²) >= 11 is 1.79. The Labute approximate surface area is 106 Å². The van der Waals surface area contributed by atoms with Gasteiger partial charge in [-0.3, -0.25) is 4.79 Å². The van der Waals surface area contributed by atoms with Gasteiger partial charge in [-0.15, -0.1) is 23.7 Å². The second-order valence-electron chi connectivity index (χ2n) is 3.85. The Bertz CT molecular complexity index is 354. The second kappa shape index (κ2) is 6.23. The average molecular weight is 261 g/mol. The van der Waals surface area contributed by atoms with Crippen molar-refractivity contribution >= 4 is 29.7 Å². The molecule has 1 unspecified atom stereocenters. The number of hydrogen-bond donors (Lipinski definition) is 2. The molecule has 3 nitrogen and oxygen atoms in total. The number of rotatable bonds is 3. The van der Waals surface area contributed by atoms with Crippen LogP contribution in [0.5, 0.6) is 0 Å². The van der Waals surface area contributed by atoms with Gasteiger partial charge in [-0.05, 0) is 36.3 Å². The highest BCUT2D eigenvalue weighted by atomic mass is 35.5. The van der Waals surface area contributed by atoms with Crippen molar-refractivity contribution in [2.24, 2.45) is 5.73 Å². The first-order valence-corrected chi connectivity index (χ1v) is 6.25. The standard InChI is InChI=1S/C11H16N2OS.ClH/c12-6-4-11(14)13-9-2-1-3-10-8(9)5-7-15-10;/h5,7,9H,1-4,6,12H2,(H,13,14);1H. The van der Waals surface area contributed by atoms with Gasteiger partial charge >= 0.3 is 0 Å². The molecular formula is C11H17ClN2OS. The van der Waals surface area contributed by atoms with Crippen LogP contribution in [0.2, 0.25) is 0 Å². The number of nitrogens with one attached hydrogen (secondary N) is 1. The Morgan fingerprint density at radius 1 is 1.62 bits per heavy atom. The Morgan fingerprint density at radius 3 is 3.19 bits per heavy atom. The zero-order valence-corrected chi connectivity index (χ0v) is 10.7. The van der Waals surface area contributed by atoms with E-state index in [0.29, 0.717) is 13.0 Å². The molecule has 0 spiro atoms. The van der Waals surface area contributed by atoms with Crippen molar-refractivity contribution in [2.45, 2.75) is 31.7 Å². The first kappa shape index (κ1) is 13.5. The van der Waals surface area contributed by atoms with Crippen molar-refractivity contribution in [3.05, 3.63) is 21.9 Å². The molecule has 1 aromatic heterocycles. The highest BCUT2D eigenvalue weighted by molar-refractivity contribution is 7.10. The third-order valence-corrected chi connectivity index (χ3v) is 3.76. The number of halogens is 1. The van der Waals surface area contributed by atoms with E-state index in [4.69, 9.17) is 5.73 Å². The van der Waals surface area contributed by atoms with Gasteiger partial charge in [0.1, 0.15) is 0 Å². The molecule has 1 aromatic rings. The zero-order valence-electron chi connectivity index (χ0n) is 9.07. The lowest BCUT2D eigenvalue weighted by atomic mass is 9.94. The number of hydrogen-bond acceptors (Lipinski definition) is 3. The zero-order chi connectivity index (χ0) is 10.7. The summed E-state index contributed by atoms with van der Waals surface area (Å²) in [5, 5.41) is 5.16. The molecule has 1 aliphatic rings. The smallest absolute Gasteiger partial charge is 0.221 e. The maximum absolute atomic E-state index is 11.5. The summed E-state index contributed by atoms with van der Waals surface area (Å²) in [6, 6.07) is 2.35. The molecule has 1 atom stereocenters. The summed E-state index contributed by atoms with van der Waals surface area (Å²) in [6.07, 6.45) is 3.81. The number of carbonyl (C=O) groups excluding carboxylic acids is 1. The fraction of sp³-hybridized carbons (Fsp3) is 0.545. The van der Waals surface area contributed by atoms with E-state index < -0.39 is 0 Å². The minimum atomic E-state index is 0. The van der Waals surface area contributed by atoms with Crippen LogP contribution in [0.15, 0.2) is 11.4 Å². The van der Waals surface area contributed by atoms with E-state index in [1.165, 1.54) is 16.9 Å². The summed E-state index contributed by atoms with van der Waals surface area (Å²) in [5.74, 6) is 0.0709. The van der Waals surface area contributed by atoms with Gasteiger partial charge in [-0.2, -0.15) is 0 Å². The van der Waals surface area contributed by atoms with Crippen molar-refractivity contribution in [1.82, 2.24) is 5.32 Å². The van der Waals surface area contributed by atoms with Crippen LogP contribution < -0.4 is 11.1 Å². The molecular weight excluding hydrogens is 244 g/mol. The van der Waals surface area contributed by atoms with Gasteiger partial charge < -0.3 is 11.1 Å². The highest BCUT2D eigenvalue weighted by Gasteiger charge is 2.22. The van der Waals surface area contributed by atoms with Crippen LogP contribution in [0.25, 0.3) is 0 Å². The Kier molecular flexibility index (Phi) is 5.25. The number of amides is 1. The lowest BCUT2D eigenvalue weighted by molar-refractivity contribution is -0.121. The summed E-state index contributed by atoms with van der Waals surface area (Å²) in [7, 11) is 0. The number of thiophene rings is 1. The minimum absolute atomic E-state index is 0. The molecule has 0 saturated carbocycles. The van der Waals surface area contributed by atoms with E-state index in [9.17, 15) is 4.79 Å². The quantitative estimate of drug-likeness (QED) is 0.874. The average Bonchev–Trinajstić information content (AvgIpc) is 2.67. The van der Waals surface area contributed by atoms with Crippen molar-refractivity contribution in [3.63, 3.8) is 0 Å². The van der Waals surface area contributed by atoms with Gasteiger partial charge in [0, 0.05) is 17.8 Å². The molecule has 0 bridgehead atoms. The number of fused-ring (bicyclic) bond motifs is 1. The maximum Gasteiger partial charge on any atom is 0.221 e. The molecule has 90 valence electrons. The third kappa shape index (κ3) is 2.97. The van der Waals surface area contributed by atoms with E-state index in [-0.39, 0.29) is 24.4 Å². The summed E-state index contributed by atoms with van der Waals surface area (Å²) in [6.45, 7) is 0.426. The van der Waals surface area contributed by atoms with E-state index in [2.05, 4.69) is 16.8 Å². The van der Waals surface area contributed by atoms with Gasteiger partial charge in [0.2, 0.25) is 5.91 Å². The Morgan fingerprint density at radius 2 is 2.44 bits per heavy atom. The minimum Gasteiger partial charge on any atom is -0.349 e. The fourth-order valence-corrected chi connectivity index (χ4v) is 3.02. The maximum atomic E-state index is 11.5. The molecule has 1 amide bonds. The molecule has 0 aliphatic heterocycles. The predicted octanol–water partition coefficient (Wildman–Crippen LogP) is 2.01. The van der Waals surface area contributed by atoms with Crippen LogP contribution in [-0.2, 0) is 11.2 Å². The third-order valence-electron chi connectivity index (χ3n) is 2.76. The van der Waals surface area contributed by atoms with E-state index >= 15 is 0 Å². The van der Waals surface area contributed by atoms with Gasteiger partial charge in [0.15, 0.2) is 0 Å². The van der Waals surface area contributed by atoms with Gasteiger partial charge in [-0.25, -0.2) is 0 Å². The van der Waals surface area contributed by atoms with Gasteiger partial charge in [0.05, 0.1) is 6.04 Å². The molecule has 1 aliphatic carbocycles. The van der Waals surface area contributed by atoms with Crippen molar-refractivity contribution in [1.29, 1.82) is 0 Å². The van der Waals surface area contributed by atoms with Crippen molar-refractivity contribution in [3.8, 4) is 0 Å². The molecule has 0 saturated heterocycles. The van der Waals surface area contributed by atoms with Crippen LogP contribution in [0.3, 0.4) is 0 Å². The monoisotopic (exact) mass is 260 g/mol. The first-order chi connectivity index (χ1) is 7.31. The lowest BCUT2D eigenvalue weighted by Crippen LogP contribution is -2.31. The van der Waals surface area contributed by atoms with Crippen LogP contribution in [0.1, 0.15) is 35.7 Å². The number of nitrogens with two attached hydrogens (primary N) is 1. The molecule has 3 N–H and O–H groups in total. The SMILES string of the molecule is Cl.NCCC(=O)NC1CCCc2sccc21. The van der Waals surface area contributed by atoms with Crippen LogP contribution in [-0.4, -0.2) is 12.5 Å². The topological polar surface area (TPSA) is 55.1 Å². The van der Waals surface area contributed by atoms with Crippen LogP contribution in [0.4, 0.5) is 0 Å². The molecule has 0 aromatic carbocycles. The highest BCUT2D eigenvalue weighted by Crippen LogP contribution is 2.33. The lowest BCUT2D eigenvalue weighted by Gasteiger charge is -2.23. The molecule has 5 heteroatoms. The van der Waals surface area contributed by atoms with Gasteiger partial charge in [-0.1, -0.05) is 0 Å². The molecule has 1 heterocycles. The molecule has 2 rings (SSSR count). The largest absolute Gasteiger partial charge is 0.349 e. The normalized spacial score (nSPS) is 18.4. The summed E-state index contributed by atoms with van der Waals surface area (Å²) in [5.41, 5.74) is 6.67. The van der Waals surface area contributed by atoms with Crippen LogP contribution in [0, 0.1) is 0 Å². The summed E-state index contributed by atoms with van der Waals surface area (Å²) in [4.78, 5) is 12.9. The Balaban J connectivity index is 0.00000128. The van der Waals surface area contributed by atoms with Crippen LogP contribution >= 0.6 is 23.7 Å². The molecule has 0 radical (unpaired) electrons. The number of aryl methyl sites for hydroxylation is 1. The predicted molar refractivity (Wildman–Crippen MR) is 69.1 cm³/mol. The first-order valence-electron chi connectivity index (χ1n) is 5.37. The molecule has 0 fully saturated rings. The van der Waals surface area contributed by atoms with E-state index in [0.717, 1.165) is 12.8 Å². The molecule has 16 heavy (non-hydrogen) atoms. The fourth-order valence-electron chi connectivity index (χ4n) is 2.03. The van der Waals surface area contributed by atoms with E-state index in [1.54, 1.807) is 11.3 Å². The summed E-state index contributed by atoms with van der Waals surface area (Å²) < 4.78 is 0. The van der Waals surface area contributed by atoms with Crippen molar-refractivity contribution in [2.75, 3.05) is 6.54 Å². The van der Waals surface area contributed by atoms with Crippen molar-refractivity contribution < 1.29 is 4.79 Å². The van der Waals surface area contributed by atoms with Gasteiger partial charge in [0.25, 0.3) is 0 Å². The van der Waals surface area contributed by atoms with E-state index in [1.807, 2.05) is 0 Å². The number of carbonyl (C=O) groups is 1. The Hall–Kier alpha value is -0.580. The second-order valence-corrected chi connectivity index (χ2v) is 4.85.